The number of rotatable bonds is 10. The van der Waals surface area contributed by atoms with E-state index in [9.17, 15) is 14.7 Å². The SMILES string of the molecule is O=C(O)c1ccc(CCN2C(=O)CCC2/C=C\CC(O)C2(CC3CC3)CCC2)cc1. The van der Waals surface area contributed by atoms with Gasteiger partial charge in [0.1, 0.15) is 0 Å². The van der Waals surface area contributed by atoms with Gasteiger partial charge in [-0.05, 0) is 67.6 Å². The van der Waals surface area contributed by atoms with Crippen LogP contribution >= 0.6 is 0 Å². The lowest BCUT2D eigenvalue weighted by atomic mass is 9.61. The number of hydrogen-bond acceptors (Lipinski definition) is 3. The second kappa shape index (κ2) is 8.93. The molecule has 0 radical (unpaired) electrons. The first kappa shape index (κ1) is 21.1. The van der Waals surface area contributed by atoms with E-state index in [0.717, 1.165) is 30.7 Å². The Labute approximate surface area is 178 Å². The summed E-state index contributed by atoms with van der Waals surface area (Å²) in [6, 6.07) is 6.97. The van der Waals surface area contributed by atoms with Gasteiger partial charge in [-0.25, -0.2) is 4.79 Å². The van der Waals surface area contributed by atoms with Crippen LogP contribution in [-0.2, 0) is 11.2 Å². The van der Waals surface area contributed by atoms with Crippen LogP contribution < -0.4 is 0 Å². The second-order valence-corrected chi connectivity index (χ2v) is 9.49. The van der Waals surface area contributed by atoms with Crippen LogP contribution in [0.15, 0.2) is 36.4 Å². The number of hydrogen-bond donors (Lipinski definition) is 2. The van der Waals surface area contributed by atoms with Crippen LogP contribution in [0.4, 0.5) is 0 Å². The third kappa shape index (κ3) is 4.77. The highest BCUT2D eigenvalue weighted by Gasteiger charge is 2.46. The fourth-order valence-electron chi connectivity index (χ4n) is 5.13. The highest BCUT2D eigenvalue weighted by Crippen LogP contribution is 2.53. The molecule has 2 N–H and O–H groups in total. The highest BCUT2D eigenvalue weighted by molar-refractivity contribution is 5.87. The molecule has 3 fully saturated rings. The van der Waals surface area contributed by atoms with Crippen LogP contribution in [-0.4, -0.2) is 45.7 Å². The minimum Gasteiger partial charge on any atom is -0.478 e. The number of aliphatic hydroxyl groups excluding tert-OH is 1. The number of carbonyl (C=O) groups is 2. The molecule has 1 amide bonds. The number of aliphatic hydroxyl groups is 1. The normalized spacial score (nSPS) is 24.2. The van der Waals surface area contributed by atoms with E-state index in [1.54, 1.807) is 12.1 Å². The molecule has 0 spiro atoms. The average Bonchev–Trinajstić information content (AvgIpc) is 3.46. The Morgan fingerprint density at radius 2 is 1.93 bits per heavy atom. The first-order valence-corrected chi connectivity index (χ1v) is 11.4. The van der Waals surface area contributed by atoms with Gasteiger partial charge in [-0.3, -0.25) is 4.79 Å². The number of carboxylic acid groups (broad SMARTS) is 1. The predicted octanol–water partition coefficient (Wildman–Crippen LogP) is 4.20. The molecule has 1 saturated heterocycles. The lowest BCUT2D eigenvalue weighted by molar-refractivity contribution is -0.128. The molecule has 162 valence electrons. The largest absolute Gasteiger partial charge is 0.478 e. The fraction of sp³-hybridized carbons (Fsp3) is 0.600. The molecule has 1 aromatic rings. The molecule has 3 aliphatic rings. The molecule has 5 heteroatoms. The summed E-state index contributed by atoms with van der Waals surface area (Å²) in [6.07, 6.45) is 14.2. The summed E-state index contributed by atoms with van der Waals surface area (Å²) in [6.45, 7) is 0.633. The Kier molecular flexibility index (Phi) is 6.28. The quantitative estimate of drug-likeness (QED) is 0.566. The predicted molar refractivity (Wildman–Crippen MR) is 115 cm³/mol. The maximum atomic E-state index is 12.4. The third-order valence-electron chi connectivity index (χ3n) is 7.38. The van der Waals surface area contributed by atoms with E-state index < -0.39 is 5.97 Å². The van der Waals surface area contributed by atoms with Gasteiger partial charge in [0.05, 0.1) is 17.7 Å². The molecular weight excluding hydrogens is 378 g/mol. The number of carbonyl (C=O) groups excluding carboxylic acids is 1. The first-order chi connectivity index (χ1) is 14.5. The van der Waals surface area contributed by atoms with Crippen LogP contribution in [0.3, 0.4) is 0 Å². The van der Waals surface area contributed by atoms with Gasteiger partial charge in [0.25, 0.3) is 0 Å². The Morgan fingerprint density at radius 3 is 2.53 bits per heavy atom. The van der Waals surface area contributed by atoms with E-state index in [2.05, 4.69) is 12.2 Å². The second-order valence-electron chi connectivity index (χ2n) is 9.49. The monoisotopic (exact) mass is 411 g/mol. The lowest BCUT2D eigenvalue weighted by Crippen LogP contribution is -2.41. The number of nitrogens with zero attached hydrogens (tertiary/aromatic N) is 1. The Hall–Kier alpha value is -2.14. The molecule has 0 aromatic heterocycles. The van der Waals surface area contributed by atoms with Gasteiger partial charge in [0, 0.05) is 13.0 Å². The third-order valence-corrected chi connectivity index (χ3v) is 7.38. The van der Waals surface area contributed by atoms with E-state index >= 15 is 0 Å². The summed E-state index contributed by atoms with van der Waals surface area (Å²) in [5.41, 5.74) is 1.46. The minimum atomic E-state index is -0.926. The van der Waals surface area contributed by atoms with E-state index in [4.69, 9.17) is 5.11 Å². The van der Waals surface area contributed by atoms with Crippen molar-refractivity contribution in [2.24, 2.45) is 11.3 Å². The Balaban J connectivity index is 1.29. The standard InChI is InChI=1S/C25H33NO4/c27-22(25(14-2-15-25)17-19-5-6-19)4-1-3-21-11-12-23(28)26(21)16-13-18-7-9-20(10-8-18)24(29)30/h1,3,7-10,19,21-22,27H,2,4-6,11-17H2,(H,29,30)/b3-1-. The Morgan fingerprint density at radius 1 is 1.20 bits per heavy atom. The van der Waals surface area contributed by atoms with Crippen molar-refractivity contribution in [3.63, 3.8) is 0 Å². The van der Waals surface area contributed by atoms with E-state index in [1.807, 2.05) is 17.0 Å². The molecule has 2 aliphatic carbocycles. The zero-order valence-electron chi connectivity index (χ0n) is 17.6. The van der Waals surface area contributed by atoms with Crippen molar-refractivity contribution in [2.45, 2.75) is 76.4 Å². The zero-order chi connectivity index (χ0) is 21.1. The van der Waals surface area contributed by atoms with Gasteiger partial charge in [0.15, 0.2) is 0 Å². The average molecular weight is 412 g/mol. The van der Waals surface area contributed by atoms with Crippen LogP contribution in [0.2, 0.25) is 0 Å². The molecule has 1 aliphatic heterocycles. The summed E-state index contributed by atoms with van der Waals surface area (Å²) in [5.74, 6) is 0.0949. The smallest absolute Gasteiger partial charge is 0.335 e. The van der Waals surface area contributed by atoms with Crippen LogP contribution in [0.25, 0.3) is 0 Å². The Bertz CT molecular complexity index is 792. The number of benzene rings is 1. The summed E-state index contributed by atoms with van der Waals surface area (Å²) in [7, 11) is 0. The number of amides is 1. The lowest BCUT2D eigenvalue weighted by Gasteiger charge is -2.46. The maximum absolute atomic E-state index is 12.4. The van der Waals surface area contributed by atoms with E-state index in [0.29, 0.717) is 25.8 Å². The topological polar surface area (TPSA) is 77.8 Å². The van der Waals surface area contributed by atoms with Crippen LogP contribution in [0.1, 0.15) is 73.7 Å². The molecular formula is C25H33NO4. The molecule has 0 bridgehead atoms. The number of aromatic carboxylic acids is 1. The van der Waals surface area contributed by atoms with Gasteiger partial charge in [-0.1, -0.05) is 43.5 Å². The molecule has 1 aromatic carbocycles. The van der Waals surface area contributed by atoms with Gasteiger partial charge < -0.3 is 15.1 Å². The highest BCUT2D eigenvalue weighted by atomic mass is 16.4. The molecule has 4 rings (SSSR count). The summed E-state index contributed by atoms with van der Waals surface area (Å²) >= 11 is 0. The maximum Gasteiger partial charge on any atom is 0.335 e. The van der Waals surface area contributed by atoms with E-state index in [1.165, 1.54) is 25.7 Å². The summed E-state index contributed by atoms with van der Waals surface area (Å²) in [5, 5.41) is 19.8. The van der Waals surface area contributed by atoms with Crippen molar-refractivity contribution in [1.82, 2.24) is 4.90 Å². The van der Waals surface area contributed by atoms with Crippen molar-refractivity contribution >= 4 is 11.9 Å². The molecule has 1 heterocycles. The molecule has 5 nitrogen and oxygen atoms in total. The molecule has 2 saturated carbocycles. The number of carboxylic acids is 1. The number of likely N-dealkylation sites (tertiary alicyclic amines) is 1. The first-order valence-electron chi connectivity index (χ1n) is 11.4. The van der Waals surface area contributed by atoms with Crippen molar-refractivity contribution < 1.29 is 19.8 Å². The van der Waals surface area contributed by atoms with Crippen molar-refractivity contribution in [2.75, 3.05) is 6.54 Å². The van der Waals surface area contributed by atoms with Crippen molar-refractivity contribution in [1.29, 1.82) is 0 Å². The van der Waals surface area contributed by atoms with Gasteiger partial charge in [-0.2, -0.15) is 0 Å². The van der Waals surface area contributed by atoms with Crippen LogP contribution in [0.5, 0.6) is 0 Å². The fourth-order valence-corrected chi connectivity index (χ4v) is 5.13. The molecule has 2 unspecified atom stereocenters. The van der Waals surface area contributed by atoms with Crippen molar-refractivity contribution in [3.8, 4) is 0 Å². The van der Waals surface area contributed by atoms with Gasteiger partial charge in [-0.15, -0.1) is 0 Å². The molecule has 30 heavy (non-hydrogen) atoms. The van der Waals surface area contributed by atoms with E-state index in [-0.39, 0.29) is 29.0 Å². The minimum absolute atomic E-state index is 0.101. The zero-order valence-corrected chi connectivity index (χ0v) is 17.6. The van der Waals surface area contributed by atoms with Crippen LogP contribution in [0, 0.1) is 11.3 Å². The van der Waals surface area contributed by atoms with Gasteiger partial charge >= 0.3 is 5.97 Å². The molecule has 2 atom stereocenters. The summed E-state index contributed by atoms with van der Waals surface area (Å²) in [4.78, 5) is 25.3. The van der Waals surface area contributed by atoms with Gasteiger partial charge in [0.2, 0.25) is 5.91 Å². The van der Waals surface area contributed by atoms with Crippen molar-refractivity contribution in [3.05, 3.63) is 47.5 Å². The summed E-state index contributed by atoms with van der Waals surface area (Å²) < 4.78 is 0.